The molecule has 3 aliphatic rings. The number of nitrogens with zero attached hydrogens (tertiary/aromatic N) is 1. The van der Waals surface area contributed by atoms with Gasteiger partial charge in [0.2, 0.25) is 0 Å². The van der Waals surface area contributed by atoms with E-state index in [1.165, 1.54) is 37.9 Å². The fourth-order valence-corrected chi connectivity index (χ4v) is 4.30. The van der Waals surface area contributed by atoms with Crippen molar-refractivity contribution < 1.29 is 4.74 Å². The molecule has 17 heavy (non-hydrogen) atoms. The predicted octanol–water partition coefficient (Wildman–Crippen LogP) is 2.42. The van der Waals surface area contributed by atoms with Gasteiger partial charge < -0.3 is 10.1 Å². The van der Waals surface area contributed by atoms with Gasteiger partial charge in [0, 0.05) is 18.9 Å². The first kappa shape index (κ1) is 11.8. The number of hydrogen-bond acceptors (Lipinski definition) is 4. The van der Waals surface area contributed by atoms with Gasteiger partial charge >= 0.3 is 0 Å². The topological polar surface area (TPSA) is 33.6 Å². The first-order valence-corrected chi connectivity index (χ1v) is 7.86. The van der Waals surface area contributed by atoms with Gasteiger partial charge in [0.05, 0.1) is 12.6 Å². The van der Waals surface area contributed by atoms with Crippen LogP contribution in [-0.2, 0) is 4.74 Å². The summed E-state index contributed by atoms with van der Waals surface area (Å²) in [6, 6.07) is 0.502. The van der Waals surface area contributed by atoms with Crippen molar-refractivity contribution in [2.75, 3.05) is 25.5 Å². The lowest BCUT2D eigenvalue weighted by atomic mass is 9.75. The van der Waals surface area contributed by atoms with Gasteiger partial charge in [0.1, 0.15) is 0 Å². The molecule has 1 aliphatic carbocycles. The third kappa shape index (κ3) is 2.79. The van der Waals surface area contributed by atoms with E-state index in [1.807, 2.05) is 11.8 Å². The zero-order valence-electron chi connectivity index (χ0n) is 10.4. The minimum atomic E-state index is 0.502. The molecule has 1 unspecified atom stereocenters. The molecule has 0 bridgehead atoms. The molecule has 1 saturated heterocycles. The van der Waals surface area contributed by atoms with E-state index in [4.69, 9.17) is 9.73 Å². The number of nitrogens with one attached hydrogen (secondary N) is 1. The van der Waals surface area contributed by atoms with Crippen LogP contribution in [-0.4, -0.2) is 36.7 Å². The van der Waals surface area contributed by atoms with Gasteiger partial charge in [-0.1, -0.05) is 31.0 Å². The van der Waals surface area contributed by atoms with Crippen LogP contribution in [0, 0.1) is 5.41 Å². The number of aliphatic imine (C=N–C) groups is 1. The average Bonchev–Trinajstić information content (AvgIpc) is 2.87. The Bertz CT molecular complexity index is 294. The van der Waals surface area contributed by atoms with E-state index in [9.17, 15) is 0 Å². The first-order valence-electron chi connectivity index (χ1n) is 6.88. The van der Waals surface area contributed by atoms with Crippen LogP contribution in [0.1, 0.15) is 38.5 Å². The molecule has 1 spiro atoms. The number of thioether (sulfide) groups is 1. The highest BCUT2D eigenvalue weighted by atomic mass is 32.2. The quantitative estimate of drug-likeness (QED) is 0.780. The Morgan fingerprint density at radius 1 is 1.29 bits per heavy atom. The molecule has 2 aliphatic heterocycles. The number of rotatable bonds is 1. The SMILES string of the molecule is C1CCC2(CC1)CN=C(NC1CCOC1)SC2. The smallest absolute Gasteiger partial charge is 0.156 e. The summed E-state index contributed by atoms with van der Waals surface area (Å²) in [7, 11) is 0. The van der Waals surface area contributed by atoms with Crippen LogP contribution in [0.4, 0.5) is 0 Å². The van der Waals surface area contributed by atoms with Crippen LogP contribution in [0.3, 0.4) is 0 Å². The maximum absolute atomic E-state index is 5.38. The normalized spacial score (nSPS) is 32.5. The van der Waals surface area contributed by atoms with Gasteiger partial charge in [-0.3, -0.25) is 4.99 Å². The maximum atomic E-state index is 5.38. The fourth-order valence-electron chi connectivity index (χ4n) is 3.07. The van der Waals surface area contributed by atoms with Crippen LogP contribution in [0.2, 0.25) is 0 Å². The second kappa shape index (κ2) is 5.19. The average molecular weight is 254 g/mol. The Kier molecular flexibility index (Phi) is 3.61. The third-order valence-electron chi connectivity index (χ3n) is 4.24. The molecule has 1 saturated carbocycles. The Labute approximate surface area is 108 Å². The zero-order valence-corrected chi connectivity index (χ0v) is 11.2. The van der Waals surface area contributed by atoms with Gasteiger partial charge in [-0.25, -0.2) is 0 Å². The van der Waals surface area contributed by atoms with Crippen molar-refractivity contribution in [1.29, 1.82) is 0 Å². The molecule has 2 fully saturated rings. The van der Waals surface area contributed by atoms with Crippen LogP contribution in [0.25, 0.3) is 0 Å². The van der Waals surface area contributed by atoms with Gasteiger partial charge in [-0.2, -0.15) is 0 Å². The second-order valence-corrected chi connectivity index (χ2v) is 6.64. The molecule has 3 rings (SSSR count). The Morgan fingerprint density at radius 3 is 2.82 bits per heavy atom. The van der Waals surface area contributed by atoms with E-state index in [0.29, 0.717) is 11.5 Å². The monoisotopic (exact) mass is 254 g/mol. The van der Waals surface area contributed by atoms with Crippen LogP contribution in [0.15, 0.2) is 4.99 Å². The maximum Gasteiger partial charge on any atom is 0.156 e. The van der Waals surface area contributed by atoms with Crippen molar-refractivity contribution >= 4 is 16.9 Å². The van der Waals surface area contributed by atoms with Crippen molar-refractivity contribution in [2.24, 2.45) is 10.4 Å². The molecule has 1 N–H and O–H groups in total. The van der Waals surface area contributed by atoms with Gasteiger partial charge in [0.15, 0.2) is 5.17 Å². The summed E-state index contributed by atoms with van der Waals surface area (Å²) in [5.41, 5.74) is 0.542. The van der Waals surface area contributed by atoms with Crippen LogP contribution in [0.5, 0.6) is 0 Å². The van der Waals surface area contributed by atoms with Gasteiger partial charge in [-0.05, 0) is 24.7 Å². The highest BCUT2D eigenvalue weighted by Crippen LogP contribution is 2.41. The number of hydrogen-bond donors (Lipinski definition) is 1. The minimum Gasteiger partial charge on any atom is -0.379 e. The fraction of sp³-hybridized carbons (Fsp3) is 0.923. The Balaban J connectivity index is 1.55. The highest BCUT2D eigenvalue weighted by molar-refractivity contribution is 8.13. The molecular weight excluding hydrogens is 232 g/mol. The first-order chi connectivity index (χ1) is 8.36. The summed E-state index contributed by atoms with van der Waals surface area (Å²) < 4.78 is 5.38. The van der Waals surface area contributed by atoms with Gasteiger partial charge in [-0.15, -0.1) is 0 Å². The van der Waals surface area contributed by atoms with Crippen molar-refractivity contribution in [3.63, 3.8) is 0 Å². The molecule has 2 heterocycles. The minimum absolute atomic E-state index is 0.502. The third-order valence-corrected chi connectivity index (χ3v) is 5.52. The van der Waals surface area contributed by atoms with Gasteiger partial charge in [0.25, 0.3) is 0 Å². The lowest BCUT2D eigenvalue weighted by Crippen LogP contribution is -2.40. The molecular formula is C13H22N2OS. The molecule has 96 valence electrons. The molecule has 1 atom stereocenters. The Morgan fingerprint density at radius 2 is 2.18 bits per heavy atom. The van der Waals surface area contributed by atoms with E-state index in [-0.39, 0.29) is 0 Å². The molecule has 0 aromatic rings. The van der Waals surface area contributed by atoms with Crippen molar-refractivity contribution in [3.05, 3.63) is 0 Å². The molecule has 0 amide bonds. The molecule has 0 aromatic carbocycles. The zero-order chi connectivity index (χ0) is 11.6. The van der Waals surface area contributed by atoms with E-state index < -0.39 is 0 Å². The number of ether oxygens (including phenoxy) is 1. The van der Waals surface area contributed by atoms with E-state index in [1.54, 1.807) is 0 Å². The molecule has 4 heteroatoms. The lowest BCUT2D eigenvalue weighted by molar-refractivity contribution is 0.192. The molecule has 3 nitrogen and oxygen atoms in total. The van der Waals surface area contributed by atoms with Crippen molar-refractivity contribution in [3.8, 4) is 0 Å². The highest BCUT2D eigenvalue weighted by Gasteiger charge is 2.35. The van der Waals surface area contributed by atoms with Crippen LogP contribution >= 0.6 is 11.8 Å². The summed E-state index contributed by atoms with van der Waals surface area (Å²) in [5.74, 6) is 1.27. The number of amidine groups is 1. The summed E-state index contributed by atoms with van der Waals surface area (Å²) >= 11 is 1.94. The summed E-state index contributed by atoms with van der Waals surface area (Å²) in [4.78, 5) is 4.78. The van der Waals surface area contributed by atoms with Crippen molar-refractivity contribution in [2.45, 2.75) is 44.6 Å². The van der Waals surface area contributed by atoms with E-state index >= 15 is 0 Å². The van der Waals surface area contributed by atoms with E-state index in [2.05, 4.69) is 5.32 Å². The standard InChI is InChI=1S/C13H22N2OS/c1-2-5-13(6-3-1)9-14-12(17-10-13)15-11-4-7-16-8-11/h11H,1-10H2,(H,14,15). The predicted molar refractivity (Wildman–Crippen MR) is 72.6 cm³/mol. The largest absolute Gasteiger partial charge is 0.379 e. The Hall–Kier alpha value is -0.220. The summed E-state index contributed by atoms with van der Waals surface area (Å²) in [5, 5.41) is 4.69. The summed E-state index contributed by atoms with van der Waals surface area (Å²) in [6.45, 7) is 2.81. The van der Waals surface area contributed by atoms with Crippen molar-refractivity contribution in [1.82, 2.24) is 5.32 Å². The molecule has 0 radical (unpaired) electrons. The molecule has 0 aromatic heterocycles. The summed E-state index contributed by atoms with van der Waals surface area (Å²) in [6.07, 6.45) is 8.17. The van der Waals surface area contributed by atoms with Crippen LogP contribution < -0.4 is 5.32 Å². The lowest BCUT2D eigenvalue weighted by Gasteiger charge is -2.38. The second-order valence-electron chi connectivity index (χ2n) is 5.68. The van der Waals surface area contributed by atoms with E-state index in [0.717, 1.165) is 31.3 Å².